The number of carbonyl (C=O) groups is 1. The first-order chi connectivity index (χ1) is 12.0. The number of aromatic nitrogens is 1. The number of halogens is 6. The molecule has 1 aromatic heterocycles. The number of alkyl halides is 6. The minimum Gasteiger partial charge on any atom is -0.462 e. The molecule has 0 radical (unpaired) electrons. The van der Waals surface area contributed by atoms with Gasteiger partial charge in [-0.2, -0.15) is 26.3 Å². The van der Waals surface area contributed by atoms with Crippen LogP contribution in [0.4, 0.5) is 26.3 Å². The van der Waals surface area contributed by atoms with E-state index in [1.807, 2.05) is 0 Å². The Balaban J connectivity index is 2.73. The second-order valence-electron chi connectivity index (χ2n) is 4.86. The summed E-state index contributed by atoms with van der Waals surface area (Å²) < 4.78 is 83.5. The molecule has 0 amide bonds. The molecule has 2 rings (SSSR count). The minimum atomic E-state index is -5.27. The topological polar surface area (TPSA) is 39.2 Å². The first kappa shape index (κ1) is 20.1. The molecule has 3 nitrogen and oxygen atoms in total. The van der Waals surface area contributed by atoms with Gasteiger partial charge in [0.1, 0.15) is 11.3 Å². The molecular weight excluding hydrogens is 384 g/mol. The van der Waals surface area contributed by atoms with E-state index in [1.54, 1.807) is 18.2 Å². The fourth-order valence-corrected chi connectivity index (χ4v) is 2.97. The van der Waals surface area contributed by atoms with Crippen molar-refractivity contribution in [3.63, 3.8) is 0 Å². The minimum absolute atomic E-state index is 0.243. The Bertz CT molecular complexity index is 790. The molecule has 1 aromatic carbocycles. The molecule has 0 N–H and O–H groups in total. The van der Waals surface area contributed by atoms with Crippen LogP contribution in [0.5, 0.6) is 0 Å². The number of benzene rings is 1. The van der Waals surface area contributed by atoms with Crippen LogP contribution in [0.1, 0.15) is 28.7 Å². The summed E-state index contributed by atoms with van der Waals surface area (Å²) in [6, 6.07) is 8.14. The summed E-state index contributed by atoms with van der Waals surface area (Å²) in [5.74, 6) is -1.39. The van der Waals surface area contributed by atoms with Crippen molar-refractivity contribution in [2.45, 2.75) is 29.1 Å². The normalized spacial score (nSPS) is 12.1. The molecular formula is C16H11F6NO2S. The van der Waals surface area contributed by atoms with Gasteiger partial charge in [0.15, 0.2) is 5.69 Å². The van der Waals surface area contributed by atoms with E-state index in [0.29, 0.717) is 22.7 Å². The molecule has 26 heavy (non-hydrogen) atoms. The van der Waals surface area contributed by atoms with Crippen LogP contribution < -0.4 is 0 Å². The number of rotatable bonds is 4. The summed E-state index contributed by atoms with van der Waals surface area (Å²) in [6.45, 7) is 1.12. The summed E-state index contributed by atoms with van der Waals surface area (Å²) in [5, 5.41) is 0. The molecule has 0 saturated carbocycles. The van der Waals surface area contributed by atoms with Crippen LogP contribution in [0.15, 0.2) is 46.2 Å². The molecule has 0 bridgehead atoms. The van der Waals surface area contributed by atoms with Crippen LogP contribution in [-0.2, 0) is 17.1 Å². The van der Waals surface area contributed by atoms with Crippen LogP contribution in [0.25, 0.3) is 0 Å². The zero-order valence-corrected chi connectivity index (χ0v) is 13.9. The lowest BCUT2D eigenvalue weighted by Crippen LogP contribution is -2.22. The summed E-state index contributed by atoms with van der Waals surface area (Å²) in [6.07, 6.45) is -10.4. The highest BCUT2D eigenvalue weighted by molar-refractivity contribution is 7.99. The Morgan fingerprint density at radius 3 is 2.19 bits per heavy atom. The number of hydrogen-bond acceptors (Lipinski definition) is 4. The first-order valence-electron chi connectivity index (χ1n) is 7.13. The maximum Gasteiger partial charge on any atom is 0.434 e. The number of esters is 1. The smallest absolute Gasteiger partial charge is 0.434 e. The number of nitrogens with zero attached hydrogens (tertiary/aromatic N) is 1. The lowest BCUT2D eigenvalue weighted by atomic mass is 10.1. The van der Waals surface area contributed by atoms with Gasteiger partial charge in [-0.15, -0.1) is 0 Å². The van der Waals surface area contributed by atoms with E-state index in [2.05, 4.69) is 9.72 Å². The molecule has 2 aromatic rings. The van der Waals surface area contributed by atoms with Gasteiger partial charge >= 0.3 is 18.3 Å². The summed E-state index contributed by atoms with van der Waals surface area (Å²) in [7, 11) is 0. The Labute approximate surface area is 148 Å². The van der Waals surface area contributed by atoms with Crippen molar-refractivity contribution < 1.29 is 35.9 Å². The van der Waals surface area contributed by atoms with Gasteiger partial charge in [0.05, 0.1) is 6.61 Å². The molecule has 10 heteroatoms. The predicted molar refractivity (Wildman–Crippen MR) is 80.8 cm³/mol. The van der Waals surface area contributed by atoms with E-state index in [-0.39, 0.29) is 6.61 Å². The summed E-state index contributed by atoms with van der Waals surface area (Å²) in [4.78, 5) is 14.5. The largest absolute Gasteiger partial charge is 0.462 e. The second kappa shape index (κ2) is 7.56. The van der Waals surface area contributed by atoms with Gasteiger partial charge in [-0.3, -0.25) is 0 Å². The molecule has 0 aliphatic heterocycles. The van der Waals surface area contributed by atoms with Gasteiger partial charge in [-0.05, 0) is 25.1 Å². The van der Waals surface area contributed by atoms with E-state index in [9.17, 15) is 31.1 Å². The standard InChI is InChI=1S/C16H11F6NO2S/c1-2-25-14(24)12-10(26-9-6-4-3-5-7-9)8-11(15(17,18)19)23-13(12)16(20,21)22/h3-8H,2H2,1H3. The third-order valence-corrected chi connectivity index (χ3v) is 4.04. The lowest BCUT2D eigenvalue weighted by Gasteiger charge is -2.17. The summed E-state index contributed by atoms with van der Waals surface area (Å²) in [5.41, 5.74) is -4.71. The zero-order chi connectivity index (χ0) is 19.5. The number of pyridine rings is 1. The Morgan fingerprint density at radius 1 is 1.08 bits per heavy atom. The monoisotopic (exact) mass is 395 g/mol. The summed E-state index contributed by atoms with van der Waals surface area (Å²) >= 11 is 0.588. The molecule has 1 heterocycles. The quantitative estimate of drug-likeness (QED) is 0.510. The van der Waals surface area contributed by atoms with Crippen molar-refractivity contribution in [3.8, 4) is 0 Å². The van der Waals surface area contributed by atoms with Crippen LogP contribution in [0.2, 0.25) is 0 Å². The van der Waals surface area contributed by atoms with Crippen LogP contribution in [-0.4, -0.2) is 17.6 Å². The number of hydrogen-bond donors (Lipinski definition) is 0. The predicted octanol–water partition coefficient (Wildman–Crippen LogP) is 5.45. The Hall–Kier alpha value is -2.23. The fraction of sp³-hybridized carbons (Fsp3) is 0.250. The number of ether oxygens (including phenoxy) is 1. The van der Waals surface area contributed by atoms with Gasteiger partial charge in [-0.1, -0.05) is 30.0 Å². The molecule has 0 spiro atoms. The van der Waals surface area contributed by atoms with E-state index in [4.69, 9.17) is 0 Å². The van der Waals surface area contributed by atoms with Gasteiger partial charge in [-0.25, -0.2) is 9.78 Å². The lowest BCUT2D eigenvalue weighted by molar-refractivity contribution is -0.150. The highest BCUT2D eigenvalue weighted by Crippen LogP contribution is 2.41. The van der Waals surface area contributed by atoms with Gasteiger partial charge < -0.3 is 4.74 Å². The Kier molecular flexibility index (Phi) is 5.84. The van der Waals surface area contributed by atoms with E-state index < -0.39 is 40.2 Å². The molecule has 140 valence electrons. The van der Waals surface area contributed by atoms with Crippen molar-refractivity contribution in [1.29, 1.82) is 0 Å². The third kappa shape index (κ3) is 4.69. The van der Waals surface area contributed by atoms with Crippen molar-refractivity contribution in [3.05, 3.63) is 53.3 Å². The molecule has 0 aliphatic rings. The average Bonchev–Trinajstić information content (AvgIpc) is 2.53. The van der Waals surface area contributed by atoms with Crippen LogP contribution in [0.3, 0.4) is 0 Å². The molecule has 0 aliphatic carbocycles. The van der Waals surface area contributed by atoms with Crippen LogP contribution in [0, 0.1) is 0 Å². The highest BCUT2D eigenvalue weighted by Gasteiger charge is 2.43. The van der Waals surface area contributed by atoms with Gasteiger partial charge in [0.2, 0.25) is 0 Å². The van der Waals surface area contributed by atoms with Gasteiger partial charge in [0, 0.05) is 9.79 Å². The van der Waals surface area contributed by atoms with E-state index >= 15 is 0 Å². The maximum absolute atomic E-state index is 13.3. The Morgan fingerprint density at radius 2 is 1.69 bits per heavy atom. The highest BCUT2D eigenvalue weighted by atomic mass is 32.2. The van der Waals surface area contributed by atoms with Crippen molar-refractivity contribution >= 4 is 17.7 Å². The van der Waals surface area contributed by atoms with Crippen molar-refractivity contribution in [2.75, 3.05) is 6.61 Å². The zero-order valence-electron chi connectivity index (χ0n) is 13.1. The SMILES string of the molecule is CCOC(=O)c1c(Sc2ccccc2)cc(C(F)(F)F)nc1C(F)(F)F. The second-order valence-corrected chi connectivity index (χ2v) is 5.98. The van der Waals surface area contributed by atoms with Crippen LogP contribution >= 0.6 is 11.8 Å². The maximum atomic E-state index is 13.3. The van der Waals surface area contributed by atoms with E-state index in [0.717, 1.165) is 0 Å². The molecule has 0 unspecified atom stereocenters. The number of carbonyl (C=O) groups excluding carboxylic acids is 1. The third-order valence-electron chi connectivity index (χ3n) is 2.99. The van der Waals surface area contributed by atoms with E-state index in [1.165, 1.54) is 19.1 Å². The first-order valence-corrected chi connectivity index (χ1v) is 7.95. The van der Waals surface area contributed by atoms with Gasteiger partial charge in [0.25, 0.3) is 0 Å². The molecule has 0 atom stereocenters. The van der Waals surface area contributed by atoms with Crippen molar-refractivity contribution in [1.82, 2.24) is 4.98 Å². The molecule has 0 fully saturated rings. The molecule has 0 saturated heterocycles. The fourth-order valence-electron chi connectivity index (χ4n) is 1.97. The average molecular weight is 395 g/mol. The van der Waals surface area contributed by atoms with Crippen molar-refractivity contribution in [2.24, 2.45) is 0 Å².